The summed E-state index contributed by atoms with van der Waals surface area (Å²) in [6.45, 7) is 0. The van der Waals surface area contributed by atoms with Gasteiger partial charge in [-0.1, -0.05) is 5.16 Å². The summed E-state index contributed by atoms with van der Waals surface area (Å²) >= 11 is 1.46. The molecule has 0 aromatic carbocycles. The molecule has 7 heteroatoms. The van der Waals surface area contributed by atoms with E-state index >= 15 is 0 Å². The summed E-state index contributed by atoms with van der Waals surface area (Å²) in [6, 6.07) is 5.31. The van der Waals surface area contributed by atoms with Crippen LogP contribution in [-0.2, 0) is 0 Å². The first-order valence-corrected chi connectivity index (χ1v) is 5.90. The van der Waals surface area contributed by atoms with Crippen molar-refractivity contribution in [3.8, 4) is 29.2 Å². The molecule has 86 valence electrons. The Morgan fingerprint density at radius 2 is 2.17 bits per heavy atom. The molecule has 0 aliphatic rings. The number of nitrogens with zero attached hydrogens (tertiary/aromatic N) is 5. The molecule has 0 saturated heterocycles. The maximum atomic E-state index is 8.68. The Morgan fingerprint density at radius 1 is 1.22 bits per heavy atom. The van der Waals surface area contributed by atoms with Crippen LogP contribution in [0.15, 0.2) is 33.7 Å². The Bertz CT molecular complexity index is 696. The second-order valence-corrected chi connectivity index (χ2v) is 4.06. The summed E-state index contributed by atoms with van der Waals surface area (Å²) in [5.74, 6) is 0.736. The number of pyridine rings is 1. The van der Waals surface area contributed by atoms with E-state index in [0.717, 1.165) is 0 Å². The second kappa shape index (κ2) is 4.35. The van der Waals surface area contributed by atoms with Crippen molar-refractivity contribution >= 4 is 11.3 Å². The molecule has 0 N–H and O–H groups in total. The van der Waals surface area contributed by atoms with Gasteiger partial charge in [0.2, 0.25) is 5.82 Å². The van der Waals surface area contributed by atoms with E-state index in [-0.39, 0.29) is 0 Å². The highest BCUT2D eigenvalue weighted by Gasteiger charge is 2.12. The average molecular weight is 255 g/mol. The van der Waals surface area contributed by atoms with Crippen LogP contribution in [0.1, 0.15) is 5.56 Å². The van der Waals surface area contributed by atoms with E-state index in [9.17, 15) is 0 Å². The molecular weight excluding hydrogens is 250 g/mol. The third kappa shape index (κ3) is 1.85. The molecule has 0 saturated carbocycles. The average Bonchev–Trinajstić information content (AvgIpc) is 3.09. The van der Waals surface area contributed by atoms with Crippen LogP contribution in [0, 0.1) is 11.3 Å². The van der Waals surface area contributed by atoms with E-state index in [1.54, 1.807) is 17.6 Å². The summed E-state index contributed by atoms with van der Waals surface area (Å²) in [5.41, 5.74) is 3.38. The van der Waals surface area contributed by atoms with Crippen molar-refractivity contribution in [3.05, 3.63) is 34.8 Å². The van der Waals surface area contributed by atoms with Gasteiger partial charge in [-0.05, 0) is 12.1 Å². The van der Waals surface area contributed by atoms with E-state index in [4.69, 9.17) is 9.78 Å². The highest BCUT2D eigenvalue weighted by Crippen LogP contribution is 2.20. The third-order valence-electron chi connectivity index (χ3n) is 2.20. The summed E-state index contributed by atoms with van der Waals surface area (Å²) < 4.78 is 5.11. The lowest BCUT2D eigenvalue weighted by Crippen LogP contribution is -1.85. The van der Waals surface area contributed by atoms with E-state index in [1.807, 2.05) is 11.4 Å². The van der Waals surface area contributed by atoms with Crippen molar-refractivity contribution in [2.75, 3.05) is 0 Å². The number of hydrogen-bond acceptors (Lipinski definition) is 7. The summed E-state index contributed by atoms with van der Waals surface area (Å²) in [5, 5.41) is 14.3. The molecule has 0 spiro atoms. The van der Waals surface area contributed by atoms with Gasteiger partial charge in [-0.2, -0.15) is 10.2 Å². The van der Waals surface area contributed by atoms with E-state index in [2.05, 4.69) is 20.1 Å². The van der Waals surface area contributed by atoms with Gasteiger partial charge >= 0.3 is 0 Å². The monoisotopic (exact) mass is 255 g/mol. The molecule has 0 radical (unpaired) electrons. The Balaban J connectivity index is 1.95. The van der Waals surface area contributed by atoms with Gasteiger partial charge in [0.1, 0.15) is 17.5 Å². The molecule has 6 nitrogen and oxygen atoms in total. The standard InChI is InChI=1S/C11H5N5OS/c12-3-7-1-2-8(13-4-7)11-15-10(16-17-11)9-5-18-6-14-9/h1-2,4-6H. The molecule has 3 aromatic rings. The zero-order valence-electron chi connectivity index (χ0n) is 8.94. The van der Waals surface area contributed by atoms with Crippen molar-refractivity contribution in [1.29, 1.82) is 5.26 Å². The predicted octanol–water partition coefficient (Wildman–Crippen LogP) is 2.13. The van der Waals surface area contributed by atoms with Gasteiger partial charge in [0.15, 0.2) is 0 Å². The lowest BCUT2D eigenvalue weighted by molar-refractivity contribution is 0.431. The quantitative estimate of drug-likeness (QED) is 0.696. The minimum absolute atomic E-state index is 0.308. The number of thiazole rings is 1. The van der Waals surface area contributed by atoms with Gasteiger partial charge in [0.05, 0.1) is 11.1 Å². The first-order chi connectivity index (χ1) is 8.86. The summed E-state index contributed by atoms with van der Waals surface area (Å²) in [7, 11) is 0. The fourth-order valence-corrected chi connectivity index (χ4v) is 1.87. The maximum Gasteiger partial charge on any atom is 0.276 e. The number of aromatic nitrogens is 4. The molecule has 3 rings (SSSR count). The lowest BCUT2D eigenvalue weighted by Gasteiger charge is -1.91. The zero-order valence-corrected chi connectivity index (χ0v) is 9.76. The van der Waals surface area contributed by atoms with Gasteiger partial charge in [-0.25, -0.2) is 9.97 Å². The summed E-state index contributed by atoms with van der Waals surface area (Å²) in [6.07, 6.45) is 1.46. The molecule has 0 fully saturated rings. The zero-order chi connectivity index (χ0) is 12.4. The highest BCUT2D eigenvalue weighted by atomic mass is 32.1. The summed E-state index contributed by atoms with van der Waals surface area (Å²) in [4.78, 5) is 12.4. The number of nitriles is 1. The van der Waals surface area contributed by atoms with Gasteiger partial charge in [0, 0.05) is 11.6 Å². The van der Waals surface area contributed by atoms with Crippen LogP contribution < -0.4 is 0 Å². The smallest absolute Gasteiger partial charge is 0.276 e. The fraction of sp³-hybridized carbons (Fsp3) is 0. The highest BCUT2D eigenvalue weighted by molar-refractivity contribution is 7.07. The molecule has 0 unspecified atom stereocenters. The first-order valence-electron chi connectivity index (χ1n) is 4.95. The Kier molecular flexibility index (Phi) is 2.55. The first kappa shape index (κ1) is 10.6. The van der Waals surface area contributed by atoms with Crippen molar-refractivity contribution < 1.29 is 4.52 Å². The minimum atomic E-state index is 0.308. The molecule has 0 aliphatic heterocycles. The van der Waals surface area contributed by atoms with Crippen LogP contribution in [0.5, 0.6) is 0 Å². The molecule has 0 aliphatic carbocycles. The van der Waals surface area contributed by atoms with Crippen LogP contribution in [0.3, 0.4) is 0 Å². The van der Waals surface area contributed by atoms with Crippen molar-refractivity contribution in [2.45, 2.75) is 0 Å². The van der Waals surface area contributed by atoms with Gasteiger partial charge in [-0.15, -0.1) is 11.3 Å². The Labute approximate surface area is 106 Å². The normalized spacial score (nSPS) is 10.2. The van der Waals surface area contributed by atoms with Crippen LogP contribution in [0.2, 0.25) is 0 Å². The fourth-order valence-electron chi connectivity index (χ4n) is 1.34. The van der Waals surface area contributed by atoms with Crippen molar-refractivity contribution in [2.24, 2.45) is 0 Å². The van der Waals surface area contributed by atoms with E-state index in [0.29, 0.717) is 28.7 Å². The van der Waals surface area contributed by atoms with Crippen molar-refractivity contribution in [1.82, 2.24) is 20.1 Å². The topological polar surface area (TPSA) is 88.5 Å². The molecular formula is C11H5N5OS. The third-order valence-corrected chi connectivity index (χ3v) is 2.79. The maximum absolute atomic E-state index is 8.68. The van der Waals surface area contributed by atoms with E-state index in [1.165, 1.54) is 17.5 Å². The minimum Gasteiger partial charge on any atom is -0.332 e. The molecule has 18 heavy (non-hydrogen) atoms. The van der Waals surface area contributed by atoms with Crippen LogP contribution >= 0.6 is 11.3 Å². The van der Waals surface area contributed by atoms with Gasteiger partial charge < -0.3 is 4.52 Å². The van der Waals surface area contributed by atoms with E-state index < -0.39 is 0 Å². The molecule has 0 bridgehead atoms. The molecule has 3 aromatic heterocycles. The molecule has 3 heterocycles. The van der Waals surface area contributed by atoms with Gasteiger partial charge in [0.25, 0.3) is 5.89 Å². The largest absolute Gasteiger partial charge is 0.332 e. The Hall–Kier alpha value is -2.59. The molecule has 0 amide bonds. The second-order valence-electron chi connectivity index (χ2n) is 3.34. The van der Waals surface area contributed by atoms with Gasteiger partial charge in [-0.3, -0.25) is 0 Å². The van der Waals surface area contributed by atoms with Crippen LogP contribution in [-0.4, -0.2) is 20.1 Å². The van der Waals surface area contributed by atoms with Crippen LogP contribution in [0.4, 0.5) is 0 Å². The van der Waals surface area contributed by atoms with Crippen LogP contribution in [0.25, 0.3) is 23.1 Å². The lowest BCUT2D eigenvalue weighted by atomic mass is 10.3. The molecule has 0 atom stereocenters. The predicted molar refractivity (Wildman–Crippen MR) is 63.4 cm³/mol. The Morgan fingerprint density at radius 3 is 2.83 bits per heavy atom. The number of rotatable bonds is 2. The SMILES string of the molecule is N#Cc1ccc(-c2nc(-c3cscn3)no2)nc1. The van der Waals surface area contributed by atoms with Crippen molar-refractivity contribution in [3.63, 3.8) is 0 Å². The number of hydrogen-bond donors (Lipinski definition) is 0.